The molecule has 1 aromatic rings. The number of aromatic carboxylic acids is 1. The molecule has 0 atom stereocenters. The van der Waals surface area contributed by atoms with E-state index in [1.165, 1.54) is 0 Å². The third kappa shape index (κ3) is 4.05. The molecule has 0 unspecified atom stereocenters. The Morgan fingerprint density at radius 2 is 2.05 bits per heavy atom. The Kier molecular flexibility index (Phi) is 5.47. The van der Waals surface area contributed by atoms with Gasteiger partial charge in [-0.25, -0.2) is 18.0 Å². The van der Waals surface area contributed by atoms with Gasteiger partial charge in [0.15, 0.2) is 0 Å². The first-order valence-electron chi connectivity index (χ1n) is 5.63. The van der Waals surface area contributed by atoms with Crippen LogP contribution in [0.15, 0.2) is 12.1 Å². The number of aliphatic hydroxyl groups excluding tert-OH is 1. The normalized spacial score (nSPS) is 10.7. The van der Waals surface area contributed by atoms with Gasteiger partial charge in [-0.1, -0.05) is 0 Å². The second-order valence-electron chi connectivity index (χ2n) is 3.94. The summed E-state index contributed by atoms with van der Waals surface area (Å²) in [5, 5.41) is 28.5. The fraction of sp³-hybridized carbons (Fsp3) is 0.364. The lowest BCUT2D eigenvalue weighted by molar-refractivity contribution is -0.384. The van der Waals surface area contributed by atoms with E-state index in [0.717, 1.165) is 4.90 Å². The van der Waals surface area contributed by atoms with Crippen LogP contribution in [0.1, 0.15) is 10.4 Å². The van der Waals surface area contributed by atoms with Crippen LogP contribution in [0.3, 0.4) is 0 Å². The van der Waals surface area contributed by atoms with Crippen molar-refractivity contribution >= 4 is 17.3 Å². The fourth-order valence-electron chi connectivity index (χ4n) is 1.71. The van der Waals surface area contributed by atoms with Crippen LogP contribution in [0.4, 0.5) is 24.5 Å². The van der Waals surface area contributed by atoms with Gasteiger partial charge in [-0.2, -0.15) is 0 Å². The van der Waals surface area contributed by atoms with Gasteiger partial charge < -0.3 is 15.1 Å². The molecule has 2 N–H and O–H groups in total. The summed E-state index contributed by atoms with van der Waals surface area (Å²) < 4.78 is 38.4. The molecule has 0 aliphatic carbocycles. The SMILES string of the molecule is O=C(O)c1cc(N(CCO)CC(F)F)c([N+](=O)[O-])cc1F. The monoisotopic (exact) mass is 308 g/mol. The van der Waals surface area contributed by atoms with Gasteiger partial charge in [0, 0.05) is 6.54 Å². The van der Waals surface area contributed by atoms with Crippen molar-refractivity contribution in [2.45, 2.75) is 6.43 Å². The number of hydrogen-bond acceptors (Lipinski definition) is 5. The number of carboxylic acid groups (broad SMARTS) is 1. The Morgan fingerprint density at radius 1 is 1.43 bits per heavy atom. The number of rotatable bonds is 7. The molecule has 1 rings (SSSR count). The second kappa shape index (κ2) is 6.88. The van der Waals surface area contributed by atoms with E-state index in [2.05, 4.69) is 0 Å². The number of halogens is 3. The Bertz CT molecular complexity index is 553. The average Bonchev–Trinajstić information content (AvgIpc) is 2.36. The number of carbonyl (C=O) groups is 1. The number of alkyl halides is 2. The van der Waals surface area contributed by atoms with Gasteiger partial charge in [0.25, 0.3) is 12.1 Å². The summed E-state index contributed by atoms with van der Waals surface area (Å²) >= 11 is 0. The van der Waals surface area contributed by atoms with Crippen LogP contribution in [-0.4, -0.2) is 47.2 Å². The van der Waals surface area contributed by atoms with E-state index < -0.39 is 59.8 Å². The molecule has 0 saturated heterocycles. The molecule has 0 aliphatic heterocycles. The van der Waals surface area contributed by atoms with E-state index in [9.17, 15) is 28.1 Å². The fourth-order valence-corrected chi connectivity index (χ4v) is 1.71. The van der Waals surface area contributed by atoms with Gasteiger partial charge in [0.2, 0.25) is 0 Å². The van der Waals surface area contributed by atoms with Crippen LogP contribution in [0.5, 0.6) is 0 Å². The highest BCUT2D eigenvalue weighted by molar-refractivity contribution is 5.90. The van der Waals surface area contributed by atoms with E-state index in [1.807, 2.05) is 0 Å². The molecule has 0 fully saturated rings. The molecule has 0 aromatic heterocycles. The smallest absolute Gasteiger partial charge is 0.338 e. The zero-order valence-corrected chi connectivity index (χ0v) is 10.5. The number of nitro benzene ring substituents is 1. The molecule has 116 valence electrons. The molecule has 1 aromatic carbocycles. The van der Waals surface area contributed by atoms with Crippen molar-refractivity contribution in [3.05, 3.63) is 33.6 Å². The van der Waals surface area contributed by atoms with E-state index in [0.29, 0.717) is 12.1 Å². The minimum Gasteiger partial charge on any atom is -0.478 e. The zero-order valence-electron chi connectivity index (χ0n) is 10.5. The first kappa shape index (κ1) is 16.7. The summed E-state index contributed by atoms with van der Waals surface area (Å²) in [7, 11) is 0. The number of nitrogens with zero attached hydrogens (tertiary/aromatic N) is 2. The Morgan fingerprint density at radius 3 is 2.48 bits per heavy atom. The Hall–Kier alpha value is -2.36. The Balaban J connectivity index is 3.43. The van der Waals surface area contributed by atoms with Gasteiger partial charge in [0.1, 0.15) is 11.5 Å². The van der Waals surface area contributed by atoms with Crippen molar-refractivity contribution in [2.24, 2.45) is 0 Å². The number of aliphatic hydroxyl groups is 1. The summed E-state index contributed by atoms with van der Waals surface area (Å²) in [6.45, 7) is -1.95. The molecule has 0 bridgehead atoms. The maximum Gasteiger partial charge on any atom is 0.338 e. The highest BCUT2D eigenvalue weighted by Crippen LogP contribution is 2.31. The van der Waals surface area contributed by atoms with Crippen molar-refractivity contribution in [3.8, 4) is 0 Å². The zero-order chi connectivity index (χ0) is 16.2. The maximum atomic E-state index is 13.5. The number of nitro groups is 1. The van der Waals surface area contributed by atoms with Crippen molar-refractivity contribution in [2.75, 3.05) is 24.6 Å². The second-order valence-corrected chi connectivity index (χ2v) is 3.94. The molecule has 10 heteroatoms. The van der Waals surface area contributed by atoms with Gasteiger partial charge in [-0.3, -0.25) is 10.1 Å². The molecule has 0 amide bonds. The van der Waals surface area contributed by atoms with E-state index in [1.54, 1.807) is 0 Å². The maximum absolute atomic E-state index is 13.5. The third-order valence-corrected chi connectivity index (χ3v) is 2.56. The molecule has 0 saturated carbocycles. The highest BCUT2D eigenvalue weighted by Gasteiger charge is 2.26. The van der Waals surface area contributed by atoms with Crippen LogP contribution in [0, 0.1) is 15.9 Å². The van der Waals surface area contributed by atoms with E-state index >= 15 is 0 Å². The molecular weight excluding hydrogens is 297 g/mol. The number of benzene rings is 1. The third-order valence-electron chi connectivity index (χ3n) is 2.56. The van der Waals surface area contributed by atoms with E-state index in [4.69, 9.17) is 10.2 Å². The summed E-state index contributed by atoms with van der Waals surface area (Å²) in [5.41, 5.74) is -2.23. The topological polar surface area (TPSA) is 104 Å². The van der Waals surface area contributed by atoms with Crippen molar-refractivity contribution in [1.82, 2.24) is 0 Å². The first-order chi connectivity index (χ1) is 9.77. The lowest BCUT2D eigenvalue weighted by Crippen LogP contribution is -2.32. The van der Waals surface area contributed by atoms with Crippen LogP contribution in [-0.2, 0) is 0 Å². The number of anilines is 1. The largest absolute Gasteiger partial charge is 0.478 e. The average molecular weight is 308 g/mol. The molecule has 0 aliphatic rings. The van der Waals surface area contributed by atoms with Crippen LogP contribution < -0.4 is 4.90 Å². The molecule has 21 heavy (non-hydrogen) atoms. The van der Waals surface area contributed by atoms with Gasteiger partial charge in [-0.15, -0.1) is 0 Å². The van der Waals surface area contributed by atoms with Gasteiger partial charge in [-0.05, 0) is 6.07 Å². The van der Waals surface area contributed by atoms with Gasteiger partial charge in [0.05, 0.1) is 29.7 Å². The Labute approximate surface area is 116 Å². The lowest BCUT2D eigenvalue weighted by atomic mass is 10.1. The first-order valence-corrected chi connectivity index (χ1v) is 5.63. The summed E-state index contributed by atoms with van der Waals surface area (Å²) in [5.74, 6) is -3.04. The van der Waals surface area contributed by atoms with Crippen LogP contribution >= 0.6 is 0 Å². The molecule has 0 spiro atoms. The summed E-state index contributed by atoms with van der Waals surface area (Å²) in [6.07, 6.45) is -2.88. The van der Waals surface area contributed by atoms with E-state index in [-0.39, 0.29) is 0 Å². The quantitative estimate of drug-likeness (QED) is 0.584. The molecule has 7 nitrogen and oxygen atoms in total. The lowest BCUT2D eigenvalue weighted by Gasteiger charge is -2.23. The summed E-state index contributed by atoms with van der Waals surface area (Å²) in [4.78, 5) is 21.4. The molecule has 0 radical (unpaired) electrons. The standard InChI is InChI=1S/C11H11F3N2O5/c12-7-4-9(16(20)21)8(3-6(7)11(18)19)15(1-2-17)5-10(13)14/h3-4,10,17H,1-2,5H2,(H,18,19). The van der Waals surface area contributed by atoms with Crippen molar-refractivity contribution in [3.63, 3.8) is 0 Å². The van der Waals surface area contributed by atoms with Gasteiger partial charge >= 0.3 is 5.97 Å². The summed E-state index contributed by atoms with van der Waals surface area (Å²) in [6, 6.07) is 0.961. The number of hydrogen-bond donors (Lipinski definition) is 2. The van der Waals surface area contributed by atoms with Crippen LogP contribution in [0.2, 0.25) is 0 Å². The predicted molar refractivity (Wildman–Crippen MR) is 65.3 cm³/mol. The minimum atomic E-state index is -2.88. The van der Waals surface area contributed by atoms with Crippen molar-refractivity contribution < 1.29 is 33.1 Å². The highest BCUT2D eigenvalue weighted by atomic mass is 19.3. The molecular formula is C11H11F3N2O5. The van der Waals surface area contributed by atoms with Crippen molar-refractivity contribution in [1.29, 1.82) is 0 Å². The number of carboxylic acids is 1. The van der Waals surface area contributed by atoms with Crippen LogP contribution in [0.25, 0.3) is 0 Å². The molecule has 0 heterocycles. The minimum absolute atomic E-state index is 0.356. The predicted octanol–water partition coefficient (Wildman–Crippen LogP) is 1.50.